The van der Waals surface area contributed by atoms with Gasteiger partial charge in [0.25, 0.3) is 5.91 Å². The molecule has 124 valence electrons. The fourth-order valence-electron chi connectivity index (χ4n) is 2.30. The van der Waals surface area contributed by atoms with E-state index in [0.717, 1.165) is 22.9 Å². The molecule has 0 unspecified atom stereocenters. The molecule has 0 aliphatic rings. The van der Waals surface area contributed by atoms with Crippen LogP contribution in [0.25, 0.3) is 11.0 Å². The Hall–Kier alpha value is -2.87. The number of nitrogens with zero attached hydrogens (tertiary/aromatic N) is 2. The molecule has 0 atom stereocenters. The minimum absolute atomic E-state index is 0.338. The van der Waals surface area contributed by atoms with E-state index < -0.39 is 10.0 Å². The van der Waals surface area contributed by atoms with E-state index in [4.69, 9.17) is 0 Å². The third-order valence-electron chi connectivity index (χ3n) is 3.47. The van der Waals surface area contributed by atoms with Gasteiger partial charge in [-0.2, -0.15) is 0 Å². The fourth-order valence-corrected chi connectivity index (χ4v) is 2.91. The molecule has 7 nitrogen and oxygen atoms in total. The first-order chi connectivity index (χ1) is 11.3. The predicted molar refractivity (Wildman–Crippen MR) is 93.1 cm³/mol. The van der Waals surface area contributed by atoms with Crippen LogP contribution in [-0.4, -0.2) is 30.2 Å². The Morgan fingerprint density at radius 2 is 1.92 bits per heavy atom. The monoisotopic (exact) mass is 344 g/mol. The quantitative estimate of drug-likeness (QED) is 0.758. The number of aromatic nitrogens is 2. The van der Waals surface area contributed by atoms with Gasteiger partial charge in [-0.25, -0.2) is 18.1 Å². The van der Waals surface area contributed by atoms with Crippen molar-refractivity contribution in [3.05, 3.63) is 59.9 Å². The summed E-state index contributed by atoms with van der Waals surface area (Å²) >= 11 is 0. The molecule has 1 aromatic heterocycles. The Kier molecular flexibility index (Phi) is 3.98. The van der Waals surface area contributed by atoms with Crippen molar-refractivity contribution in [2.45, 2.75) is 6.92 Å². The average Bonchev–Trinajstić information content (AvgIpc) is 2.91. The molecule has 0 saturated heterocycles. The summed E-state index contributed by atoms with van der Waals surface area (Å²) in [5.41, 5.74) is 5.70. The molecular formula is C16H16N4O3S. The molecule has 1 heterocycles. The average molecular weight is 344 g/mol. The third kappa shape index (κ3) is 3.38. The van der Waals surface area contributed by atoms with Crippen molar-refractivity contribution in [3.8, 4) is 0 Å². The van der Waals surface area contributed by atoms with Crippen LogP contribution in [-0.2, 0) is 10.0 Å². The zero-order valence-electron chi connectivity index (χ0n) is 13.1. The second kappa shape index (κ2) is 5.97. The number of imidazole rings is 1. The summed E-state index contributed by atoms with van der Waals surface area (Å²) in [6.45, 7) is 1.76. The highest BCUT2D eigenvalue weighted by Crippen LogP contribution is 2.18. The van der Waals surface area contributed by atoms with Gasteiger partial charge in [0, 0.05) is 5.56 Å². The normalized spacial score (nSPS) is 11.4. The summed E-state index contributed by atoms with van der Waals surface area (Å²) in [6, 6.07) is 12.2. The summed E-state index contributed by atoms with van der Waals surface area (Å²) in [5.74, 6) is -0.366. The molecule has 0 spiro atoms. The lowest BCUT2D eigenvalue weighted by molar-refractivity contribution is 0.101. The molecular weight excluding hydrogens is 328 g/mol. The second-order valence-electron chi connectivity index (χ2n) is 5.45. The highest BCUT2D eigenvalue weighted by molar-refractivity contribution is 7.92. The number of para-hydroxylation sites is 2. The molecule has 3 rings (SSSR count). The highest BCUT2D eigenvalue weighted by Gasteiger charge is 2.12. The summed E-state index contributed by atoms with van der Waals surface area (Å²) in [7, 11) is -3.42. The van der Waals surface area contributed by atoms with Gasteiger partial charge in [-0.05, 0) is 36.8 Å². The van der Waals surface area contributed by atoms with E-state index in [0.29, 0.717) is 11.3 Å². The van der Waals surface area contributed by atoms with Crippen molar-refractivity contribution in [1.29, 1.82) is 0 Å². The van der Waals surface area contributed by atoms with Gasteiger partial charge >= 0.3 is 0 Å². The van der Waals surface area contributed by atoms with Gasteiger partial charge in [0.15, 0.2) is 0 Å². The van der Waals surface area contributed by atoms with Gasteiger partial charge in [0.05, 0.1) is 23.0 Å². The Morgan fingerprint density at radius 3 is 2.67 bits per heavy atom. The first-order valence-corrected chi connectivity index (χ1v) is 9.04. The molecule has 0 radical (unpaired) electrons. The number of nitrogens with one attached hydrogen (secondary N) is 2. The summed E-state index contributed by atoms with van der Waals surface area (Å²) < 4.78 is 26.8. The van der Waals surface area contributed by atoms with E-state index in [1.165, 1.54) is 17.1 Å². The van der Waals surface area contributed by atoms with E-state index in [2.05, 4.69) is 15.1 Å². The van der Waals surface area contributed by atoms with Crippen molar-refractivity contribution in [2.75, 3.05) is 16.4 Å². The molecule has 0 bridgehead atoms. The Balaban J connectivity index is 1.89. The minimum atomic E-state index is -3.42. The van der Waals surface area contributed by atoms with Crippen LogP contribution in [0.5, 0.6) is 0 Å². The molecule has 2 aromatic carbocycles. The van der Waals surface area contributed by atoms with Gasteiger partial charge in [-0.1, -0.05) is 18.2 Å². The summed E-state index contributed by atoms with van der Waals surface area (Å²) in [4.78, 5) is 16.7. The van der Waals surface area contributed by atoms with Crippen molar-refractivity contribution >= 4 is 32.7 Å². The van der Waals surface area contributed by atoms with Crippen LogP contribution in [0.2, 0.25) is 0 Å². The van der Waals surface area contributed by atoms with Gasteiger partial charge in [-0.3, -0.25) is 14.9 Å². The van der Waals surface area contributed by atoms with Crippen molar-refractivity contribution < 1.29 is 13.2 Å². The molecule has 0 fully saturated rings. The molecule has 1 amide bonds. The molecule has 0 saturated carbocycles. The maximum atomic E-state index is 12.4. The minimum Gasteiger partial charge on any atom is -0.283 e. The maximum Gasteiger partial charge on any atom is 0.270 e. The van der Waals surface area contributed by atoms with E-state index in [-0.39, 0.29) is 5.91 Å². The molecule has 0 aliphatic carbocycles. The Bertz CT molecular complexity index is 1020. The van der Waals surface area contributed by atoms with Gasteiger partial charge in [-0.15, -0.1) is 0 Å². The largest absolute Gasteiger partial charge is 0.283 e. The third-order valence-corrected chi connectivity index (χ3v) is 4.06. The predicted octanol–water partition coefficient (Wildman–Crippen LogP) is 2.10. The van der Waals surface area contributed by atoms with Crippen molar-refractivity contribution in [3.63, 3.8) is 0 Å². The zero-order valence-corrected chi connectivity index (χ0v) is 14.0. The number of hydrogen-bond acceptors (Lipinski definition) is 4. The number of anilines is 1. The lowest BCUT2D eigenvalue weighted by Gasteiger charge is -2.11. The molecule has 3 aromatic rings. The van der Waals surface area contributed by atoms with E-state index >= 15 is 0 Å². The SMILES string of the molecule is Cc1ccc(C(=O)Nn2cnc3ccccc32)cc1NS(C)(=O)=O. The van der Waals surface area contributed by atoms with E-state index in [1.807, 2.05) is 24.3 Å². The number of sulfonamides is 1. The summed E-state index contributed by atoms with van der Waals surface area (Å²) in [6.07, 6.45) is 2.59. The number of carbonyl (C=O) groups is 1. The Labute approximate surface area is 139 Å². The van der Waals surface area contributed by atoms with E-state index in [1.54, 1.807) is 19.1 Å². The van der Waals surface area contributed by atoms with Crippen LogP contribution >= 0.6 is 0 Å². The number of fused-ring (bicyclic) bond motifs is 1. The van der Waals surface area contributed by atoms with Gasteiger partial charge < -0.3 is 0 Å². The van der Waals surface area contributed by atoms with Crippen LogP contribution in [0.1, 0.15) is 15.9 Å². The number of rotatable bonds is 4. The lowest BCUT2D eigenvalue weighted by atomic mass is 10.1. The fraction of sp³-hybridized carbons (Fsp3) is 0.125. The molecule has 8 heteroatoms. The maximum absolute atomic E-state index is 12.4. The van der Waals surface area contributed by atoms with Crippen LogP contribution < -0.4 is 10.1 Å². The Morgan fingerprint density at radius 1 is 1.17 bits per heavy atom. The highest BCUT2D eigenvalue weighted by atomic mass is 32.2. The first kappa shape index (κ1) is 16.0. The number of aryl methyl sites for hydroxylation is 1. The van der Waals surface area contributed by atoms with Crippen LogP contribution in [0.4, 0.5) is 5.69 Å². The molecule has 0 aliphatic heterocycles. The van der Waals surface area contributed by atoms with Crippen LogP contribution in [0.15, 0.2) is 48.8 Å². The standard InChI is InChI=1S/C16H16N4O3S/c1-11-7-8-12(9-14(11)19-24(2,22)23)16(21)18-20-10-17-13-5-3-4-6-15(13)20/h3-10,19H,1-2H3,(H,18,21). The number of benzene rings is 2. The molecule has 2 N–H and O–H groups in total. The van der Waals surface area contributed by atoms with Crippen molar-refractivity contribution in [2.24, 2.45) is 0 Å². The van der Waals surface area contributed by atoms with Gasteiger partial charge in [0.2, 0.25) is 10.0 Å². The summed E-state index contributed by atoms with van der Waals surface area (Å²) in [5, 5.41) is 0. The zero-order chi connectivity index (χ0) is 17.3. The molecule has 24 heavy (non-hydrogen) atoms. The lowest BCUT2D eigenvalue weighted by Crippen LogP contribution is -2.22. The smallest absolute Gasteiger partial charge is 0.270 e. The van der Waals surface area contributed by atoms with Crippen molar-refractivity contribution in [1.82, 2.24) is 9.66 Å². The number of amides is 1. The van der Waals surface area contributed by atoms with Gasteiger partial charge in [0.1, 0.15) is 6.33 Å². The topological polar surface area (TPSA) is 93.1 Å². The number of carbonyl (C=O) groups excluding carboxylic acids is 1. The van der Waals surface area contributed by atoms with Crippen LogP contribution in [0.3, 0.4) is 0 Å². The first-order valence-electron chi connectivity index (χ1n) is 7.15. The van der Waals surface area contributed by atoms with E-state index in [9.17, 15) is 13.2 Å². The second-order valence-corrected chi connectivity index (χ2v) is 7.20. The van der Waals surface area contributed by atoms with Crippen LogP contribution in [0, 0.1) is 6.92 Å². The number of hydrogen-bond donors (Lipinski definition) is 2.